The van der Waals surface area contributed by atoms with E-state index in [1.165, 1.54) is 6.92 Å². The minimum absolute atomic E-state index is 0.264. The van der Waals surface area contributed by atoms with Gasteiger partial charge in [-0.3, -0.25) is 14.4 Å². The SMILES string of the molecule is CC(C)C(NC(=O)C(N)Cc1c[nH]c2ccccc12)C(=O)NCC(=O)NC(C(=O)O)C(C)O. The molecule has 0 fully saturated rings. The third-order valence-corrected chi connectivity index (χ3v) is 5.19. The number of carbonyl (C=O) groups is 4. The first-order valence-electron chi connectivity index (χ1n) is 10.6. The molecular weight excluding hydrogens is 430 g/mol. The van der Waals surface area contributed by atoms with Gasteiger partial charge in [-0.2, -0.15) is 0 Å². The van der Waals surface area contributed by atoms with E-state index in [0.29, 0.717) is 0 Å². The van der Waals surface area contributed by atoms with E-state index in [1.807, 2.05) is 24.3 Å². The number of nitrogens with two attached hydrogens (primary N) is 1. The highest BCUT2D eigenvalue weighted by atomic mass is 16.4. The second-order valence-electron chi connectivity index (χ2n) is 8.24. The Morgan fingerprint density at radius 1 is 1.03 bits per heavy atom. The Balaban J connectivity index is 1.94. The average Bonchev–Trinajstić information content (AvgIpc) is 3.16. The number of aliphatic hydroxyl groups is 1. The molecule has 33 heavy (non-hydrogen) atoms. The summed E-state index contributed by atoms with van der Waals surface area (Å²) in [5.74, 6) is -3.63. The lowest BCUT2D eigenvalue weighted by Crippen LogP contribution is -2.56. The van der Waals surface area contributed by atoms with Gasteiger partial charge in [0.1, 0.15) is 6.04 Å². The third-order valence-electron chi connectivity index (χ3n) is 5.19. The number of carboxylic acid groups (broad SMARTS) is 1. The normalized spacial score (nSPS) is 14.8. The van der Waals surface area contributed by atoms with Gasteiger partial charge in [0.2, 0.25) is 17.7 Å². The number of aromatic nitrogens is 1. The summed E-state index contributed by atoms with van der Waals surface area (Å²) in [6.07, 6.45) is 0.741. The summed E-state index contributed by atoms with van der Waals surface area (Å²) in [6, 6.07) is 4.27. The number of nitrogens with one attached hydrogen (secondary N) is 4. The number of amides is 3. The van der Waals surface area contributed by atoms with Crippen molar-refractivity contribution in [3.05, 3.63) is 36.0 Å². The topological polar surface area (TPSA) is 187 Å². The molecule has 1 aromatic heterocycles. The molecule has 180 valence electrons. The molecule has 4 atom stereocenters. The first-order chi connectivity index (χ1) is 15.5. The van der Waals surface area contributed by atoms with Crippen molar-refractivity contribution in [1.29, 1.82) is 0 Å². The van der Waals surface area contributed by atoms with Crippen molar-refractivity contribution in [3.8, 4) is 0 Å². The molecule has 0 radical (unpaired) electrons. The van der Waals surface area contributed by atoms with Gasteiger partial charge >= 0.3 is 5.97 Å². The molecular formula is C22H31N5O6. The lowest BCUT2D eigenvalue weighted by Gasteiger charge is -2.24. The molecule has 11 nitrogen and oxygen atoms in total. The fourth-order valence-corrected chi connectivity index (χ4v) is 3.32. The predicted octanol–water partition coefficient (Wildman–Crippen LogP) is -0.755. The number of aliphatic carboxylic acids is 1. The molecule has 11 heteroatoms. The van der Waals surface area contributed by atoms with Crippen LogP contribution in [-0.2, 0) is 25.6 Å². The number of fused-ring (bicyclic) bond motifs is 1. The average molecular weight is 462 g/mol. The highest BCUT2D eigenvalue weighted by Crippen LogP contribution is 2.18. The zero-order chi connectivity index (χ0) is 24.7. The van der Waals surface area contributed by atoms with E-state index >= 15 is 0 Å². The predicted molar refractivity (Wildman–Crippen MR) is 121 cm³/mol. The van der Waals surface area contributed by atoms with E-state index in [2.05, 4.69) is 20.9 Å². The number of rotatable bonds is 11. The van der Waals surface area contributed by atoms with Crippen LogP contribution in [0.1, 0.15) is 26.3 Å². The van der Waals surface area contributed by atoms with Gasteiger partial charge in [0, 0.05) is 17.1 Å². The van der Waals surface area contributed by atoms with E-state index in [9.17, 15) is 24.3 Å². The van der Waals surface area contributed by atoms with Crippen molar-refractivity contribution >= 4 is 34.6 Å². The van der Waals surface area contributed by atoms with E-state index < -0.39 is 54.5 Å². The maximum absolute atomic E-state index is 12.7. The van der Waals surface area contributed by atoms with Crippen LogP contribution in [-0.4, -0.2) is 69.7 Å². The third kappa shape index (κ3) is 7.02. The molecule has 8 N–H and O–H groups in total. The van der Waals surface area contributed by atoms with Gasteiger partial charge in [-0.25, -0.2) is 4.79 Å². The van der Waals surface area contributed by atoms with Gasteiger partial charge in [0.05, 0.1) is 18.7 Å². The lowest BCUT2D eigenvalue weighted by atomic mass is 10.0. The van der Waals surface area contributed by atoms with Gasteiger partial charge in [-0.15, -0.1) is 0 Å². The van der Waals surface area contributed by atoms with E-state index in [-0.39, 0.29) is 12.3 Å². The molecule has 0 aliphatic rings. The van der Waals surface area contributed by atoms with Crippen molar-refractivity contribution < 1.29 is 29.4 Å². The van der Waals surface area contributed by atoms with Crippen LogP contribution in [0.15, 0.2) is 30.5 Å². The molecule has 0 aliphatic heterocycles. The molecule has 2 aromatic rings. The number of carboxylic acids is 1. The maximum atomic E-state index is 12.7. The molecule has 0 saturated heterocycles. The van der Waals surface area contributed by atoms with E-state index in [1.54, 1.807) is 20.0 Å². The van der Waals surface area contributed by atoms with Gasteiger partial charge in [-0.05, 0) is 30.9 Å². The monoisotopic (exact) mass is 461 g/mol. The van der Waals surface area contributed by atoms with E-state index in [0.717, 1.165) is 16.5 Å². The molecule has 0 saturated carbocycles. The molecule has 0 bridgehead atoms. The fraction of sp³-hybridized carbons (Fsp3) is 0.455. The smallest absolute Gasteiger partial charge is 0.328 e. The summed E-state index contributed by atoms with van der Waals surface area (Å²) in [5, 5.41) is 26.5. The Labute approximate surface area is 191 Å². The summed E-state index contributed by atoms with van der Waals surface area (Å²) >= 11 is 0. The second kappa shape index (κ2) is 11.4. The maximum Gasteiger partial charge on any atom is 0.328 e. The number of benzene rings is 1. The van der Waals surface area contributed by atoms with Crippen molar-refractivity contribution in [1.82, 2.24) is 20.9 Å². The van der Waals surface area contributed by atoms with Crippen LogP contribution in [0.4, 0.5) is 0 Å². The van der Waals surface area contributed by atoms with Gasteiger partial charge < -0.3 is 36.9 Å². The molecule has 0 spiro atoms. The summed E-state index contributed by atoms with van der Waals surface area (Å²) in [7, 11) is 0. The van der Waals surface area contributed by atoms with Crippen LogP contribution in [0.25, 0.3) is 10.9 Å². The van der Waals surface area contributed by atoms with Gasteiger partial charge in [0.15, 0.2) is 6.04 Å². The van der Waals surface area contributed by atoms with Crippen LogP contribution >= 0.6 is 0 Å². The molecule has 0 aliphatic carbocycles. The summed E-state index contributed by atoms with van der Waals surface area (Å²) < 4.78 is 0. The van der Waals surface area contributed by atoms with Crippen molar-refractivity contribution in [2.75, 3.05) is 6.54 Å². The summed E-state index contributed by atoms with van der Waals surface area (Å²) in [5.41, 5.74) is 7.89. The van der Waals surface area contributed by atoms with Crippen molar-refractivity contribution in [2.45, 2.75) is 51.4 Å². The molecule has 1 heterocycles. The first kappa shape index (κ1) is 25.8. The highest BCUT2D eigenvalue weighted by Gasteiger charge is 2.28. The van der Waals surface area contributed by atoms with Crippen LogP contribution in [0.3, 0.4) is 0 Å². The zero-order valence-electron chi connectivity index (χ0n) is 18.8. The molecule has 3 amide bonds. The number of hydrogen-bond donors (Lipinski definition) is 7. The van der Waals surface area contributed by atoms with Crippen LogP contribution in [0, 0.1) is 5.92 Å². The Hall–Kier alpha value is -3.44. The van der Waals surface area contributed by atoms with E-state index in [4.69, 9.17) is 10.8 Å². The van der Waals surface area contributed by atoms with Crippen molar-refractivity contribution in [3.63, 3.8) is 0 Å². The lowest BCUT2D eigenvalue weighted by molar-refractivity contribution is -0.144. The van der Waals surface area contributed by atoms with Crippen LogP contribution in [0.5, 0.6) is 0 Å². The Kier molecular flexibility index (Phi) is 8.94. The summed E-state index contributed by atoms with van der Waals surface area (Å²) in [4.78, 5) is 51.4. The standard InChI is InChI=1S/C22H31N5O6/c1-11(2)18(21(31)25-10-17(29)26-19(12(3)28)22(32)33)27-20(30)15(23)8-13-9-24-16-7-5-4-6-14(13)16/h4-7,9,11-12,15,18-19,24,28H,8,10,23H2,1-3H3,(H,25,31)(H,26,29)(H,27,30)(H,32,33). The Morgan fingerprint density at radius 3 is 2.30 bits per heavy atom. The number of para-hydroxylation sites is 1. The minimum Gasteiger partial charge on any atom is -0.480 e. The number of carbonyl (C=O) groups excluding carboxylic acids is 3. The quantitative estimate of drug-likeness (QED) is 0.229. The molecule has 2 rings (SSSR count). The molecule has 1 aromatic carbocycles. The van der Waals surface area contributed by atoms with Crippen LogP contribution in [0.2, 0.25) is 0 Å². The van der Waals surface area contributed by atoms with Crippen LogP contribution < -0.4 is 21.7 Å². The van der Waals surface area contributed by atoms with Gasteiger partial charge in [0.25, 0.3) is 0 Å². The first-order valence-corrected chi connectivity index (χ1v) is 10.6. The summed E-state index contributed by atoms with van der Waals surface area (Å²) in [6.45, 7) is 4.16. The Morgan fingerprint density at radius 2 is 1.70 bits per heavy atom. The Bertz CT molecular complexity index is 1000. The fourth-order valence-electron chi connectivity index (χ4n) is 3.32. The second-order valence-corrected chi connectivity index (χ2v) is 8.24. The number of aromatic amines is 1. The number of H-pyrrole nitrogens is 1. The largest absolute Gasteiger partial charge is 0.480 e. The zero-order valence-corrected chi connectivity index (χ0v) is 18.8. The minimum atomic E-state index is -1.50. The van der Waals surface area contributed by atoms with Gasteiger partial charge in [-0.1, -0.05) is 32.0 Å². The van der Waals surface area contributed by atoms with Crippen molar-refractivity contribution in [2.24, 2.45) is 11.7 Å². The number of aliphatic hydroxyl groups excluding tert-OH is 1. The molecule has 4 unspecified atom stereocenters. The highest BCUT2D eigenvalue weighted by molar-refractivity contribution is 5.93. The number of hydrogen-bond acceptors (Lipinski definition) is 6.